The number of benzene rings is 2. The molecule has 4 rings (SSSR count). The maximum atomic E-state index is 14.2. The highest BCUT2D eigenvalue weighted by Crippen LogP contribution is 2.37. The van der Waals surface area contributed by atoms with E-state index in [0.717, 1.165) is 29.9 Å². The fraction of sp³-hybridized carbons (Fsp3) is 0.214. The predicted molar refractivity (Wildman–Crippen MR) is 137 cm³/mol. The van der Waals surface area contributed by atoms with Crippen molar-refractivity contribution >= 4 is 22.8 Å². The maximum absolute atomic E-state index is 14.2. The molecule has 1 amide bonds. The van der Waals surface area contributed by atoms with Gasteiger partial charge in [0.1, 0.15) is 29.6 Å². The molecular formula is C28H23F6N3O4. The highest BCUT2D eigenvalue weighted by Gasteiger charge is 2.37. The van der Waals surface area contributed by atoms with Gasteiger partial charge in [0, 0.05) is 30.6 Å². The van der Waals surface area contributed by atoms with Crippen LogP contribution >= 0.6 is 0 Å². The first-order valence-corrected chi connectivity index (χ1v) is 11.8. The molecular weight excluding hydrogens is 556 g/mol. The Bertz CT molecular complexity index is 1650. The number of fused-ring (bicyclic) bond motifs is 1. The minimum Gasteiger partial charge on any atom is -0.468 e. The molecule has 0 aliphatic rings. The number of rotatable bonds is 5. The van der Waals surface area contributed by atoms with Crippen LogP contribution in [0.25, 0.3) is 10.9 Å². The average molecular weight is 579 g/mol. The minimum absolute atomic E-state index is 0.00498. The maximum Gasteiger partial charge on any atom is 0.417 e. The number of carbonyl (C=O) groups is 2. The van der Waals surface area contributed by atoms with Gasteiger partial charge in [-0.05, 0) is 36.8 Å². The number of methoxy groups -OCH3 is 1. The van der Waals surface area contributed by atoms with E-state index in [-0.39, 0.29) is 22.2 Å². The van der Waals surface area contributed by atoms with Gasteiger partial charge in [-0.15, -0.1) is 0 Å². The zero-order chi connectivity index (χ0) is 30.5. The Morgan fingerprint density at radius 2 is 1.63 bits per heavy atom. The number of para-hydroxylation sites is 1. The van der Waals surface area contributed by atoms with Crippen LogP contribution in [-0.4, -0.2) is 35.1 Å². The molecule has 0 spiro atoms. The lowest BCUT2D eigenvalue weighted by atomic mass is 9.96. The molecule has 0 unspecified atom stereocenters. The Hall–Kier alpha value is -4.68. The first-order valence-electron chi connectivity index (χ1n) is 11.8. The van der Waals surface area contributed by atoms with E-state index in [9.17, 15) is 40.7 Å². The molecule has 0 saturated heterocycles. The molecule has 13 heteroatoms. The second-order valence-electron chi connectivity index (χ2n) is 8.63. The van der Waals surface area contributed by atoms with Crippen LogP contribution in [0.3, 0.4) is 0 Å². The summed E-state index contributed by atoms with van der Waals surface area (Å²) in [5, 5.41) is 1.95. The van der Waals surface area contributed by atoms with Crippen molar-refractivity contribution in [2.45, 2.75) is 19.5 Å². The largest absolute Gasteiger partial charge is 0.468 e. The molecule has 2 heterocycles. The fourth-order valence-corrected chi connectivity index (χ4v) is 4.00. The van der Waals surface area contributed by atoms with E-state index in [4.69, 9.17) is 0 Å². The Kier molecular flexibility index (Phi) is 9.53. The quantitative estimate of drug-likeness (QED) is 0.270. The van der Waals surface area contributed by atoms with Gasteiger partial charge in [-0.3, -0.25) is 19.4 Å². The van der Waals surface area contributed by atoms with Gasteiger partial charge in [0.2, 0.25) is 0 Å². The van der Waals surface area contributed by atoms with Crippen molar-refractivity contribution in [3.05, 3.63) is 110 Å². The van der Waals surface area contributed by atoms with Crippen molar-refractivity contribution < 1.29 is 40.7 Å². The summed E-state index contributed by atoms with van der Waals surface area (Å²) < 4.78 is 87.0. The van der Waals surface area contributed by atoms with Crippen LogP contribution in [0.2, 0.25) is 0 Å². The Morgan fingerprint density at radius 3 is 2.24 bits per heavy atom. The topological polar surface area (TPSA) is 90.3 Å². The van der Waals surface area contributed by atoms with Crippen molar-refractivity contribution in [1.29, 1.82) is 0 Å². The van der Waals surface area contributed by atoms with Gasteiger partial charge in [-0.25, -0.2) is 13.2 Å². The van der Waals surface area contributed by atoms with Crippen LogP contribution in [0.5, 0.6) is 0 Å². The van der Waals surface area contributed by atoms with E-state index in [0.29, 0.717) is 0 Å². The highest BCUT2D eigenvalue weighted by atomic mass is 19.4. The number of amides is 1. The molecule has 0 aliphatic heterocycles. The molecule has 41 heavy (non-hydrogen) atoms. The third kappa shape index (κ3) is 6.91. The summed E-state index contributed by atoms with van der Waals surface area (Å²) in [6.07, 6.45) is -3.88. The van der Waals surface area contributed by atoms with Crippen molar-refractivity contribution in [3.8, 4) is 0 Å². The zero-order valence-electron chi connectivity index (χ0n) is 21.9. The van der Waals surface area contributed by atoms with Gasteiger partial charge in [0.15, 0.2) is 0 Å². The molecule has 1 N–H and O–H groups in total. The normalized spacial score (nSPS) is 11.0. The number of hydrogen-bond donors (Lipinski definition) is 1. The minimum atomic E-state index is -4.74. The lowest BCUT2D eigenvalue weighted by Crippen LogP contribution is -2.31. The first-order chi connectivity index (χ1) is 19.3. The van der Waals surface area contributed by atoms with Gasteiger partial charge in [0.25, 0.3) is 11.5 Å². The summed E-state index contributed by atoms with van der Waals surface area (Å²) >= 11 is 0. The van der Waals surface area contributed by atoms with Gasteiger partial charge in [0.05, 0.1) is 23.9 Å². The number of pyridine rings is 2. The third-order valence-electron chi connectivity index (χ3n) is 6.00. The summed E-state index contributed by atoms with van der Waals surface area (Å²) in [4.78, 5) is 38.3. The van der Waals surface area contributed by atoms with E-state index in [1.165, 1.54) is 44.4 Å². The van der Waals surface area contributed by atoms with Crippen LogP contribution in [0.1, 0.15) is 32.7 Å². The van der Waals surface area contributed by atoms with E-state index in [2.05, 4.69) is 9.72 Å². The Labute approximate surface area is 229 Å². The standard InChI is InChI=1S/C18H14F4N2O.C10H9F2NO3/c1-10-16(19)11(7-8-23-10)9-13-15(18(20,21)22)12-5-3-4-6-14(12)24(2)17(13)25;1-16-8(14)5-13-10(15)9-6(11)3-2-4-7(9)12/h3-8H,9H2,1-2H3;2-4H,5H2,1H3,(H,13,15). The van der Waals surface area contributed by atoms with E-state index in [1.54, 1.807) is 6.07 Å². The van der Waals surface area contributed by atoms with Crippen molar-refractivity contribution in [3.63, 3.8) is 0 Å². The van der Waals surface area contributed by atoms with Gasteiger partial charge >= 0.3 is 12.1 Å². The SMILES string of the molecule is COC(=O)CNC(=O)c1c(F)cccc1F.Cc1nccc(Cc2c(C(F)(F)F)c3ccccc3n(C)c2=O)c1F. The highest BCUT2D eigenvalue weighted by molar-refractivity contribution is 5.96. The van der Waals surface area contributed by atoms with Crippen LogP contribution in [0, 0.1) is 24.4 Å². The van der Waals surface area contributed by atoms with Crippen LogP contribution in [0.4, 0.5) is 26.3 Å². The second-order valence-corrected chi connectivity index (χ2v) is 8.63. The number of esters is 1. The number of nitrogens with zero attached hydrogens (tertiary/aromatic N) is 2. The average Bonchev–Trinajstić information content (AvgIpc) is 2.92. The lowest BCUT2D eigenvalue weighted by Gasteiger charge is -2.18. The summed E-state index contributed by atoms with van der Waals surface area (Å²) in [6, 6.07) is 10.1. The van der Waals surface area contributed by atoms with Crippen LogP contribution in [0.15, 0.2) is 59.5 Å². The van der Waals surface area contributed by atoms with Crippen molar-refractivity contribution in [2.24, 2.45) is 7.05 Å². The summed E-state index contributed by atoms with van der Waals surface area (Å²) in [5.74, 6) is -4.37. The molecule has 0 bridgehead atoms. The molecule has 0 saturated carbocycles. The smallest absolute Gasteiger partial charge is 0.417 e. The van der Waals surface area contributed by atoms with E-state index >= 15 is 0 Å². The number of aryl methyl sites for hydroxylation is 2. The molecule has 7 nitrogen and oxygen atoms in total. The number of hydrogen-bond acceptors (Lipinski definition) is 5. The summed E-state index contributed by atoms with van der Waals surface area (Å²) in [6.45, 7) is 0.977. The second kappa shape index (κ2) is 12.7. The molecule has 4 aromatic rings. The van der Waals surface area contributed by atoms with Gasteiger partial charge < -0.3 is 14.6 Å². The van der Waals surface area contributed by atoms with Crippen molar-refractivity contribution in [1.82, 2.24) is 14.9 Å². The molecule has 2 aromatic heterocycles. The Balaban J connectivity index is 0.000000250. The van der Waals surface area contributed by atoms with Crippen molar-refractivity contribution in [2.75, 3.05) is 13.7 Å². The molecule has 0 radical (unpaired) electrons. The zero-order valence-corrected chi connectivity index (χ0v) is 21.9. The first kappa shape index (κ1) is 30.9. The van der Waals surface area contributed by atoms with Crippen LogP contribution < -0.4 is 10.9 Å². The van der Waals surface area contributed by atoms with E-state index < -0.39 is 70.7 Å². The summed E-state index contributed by atoms with van der Waals surface area (Å²) in [5.41, 5.74) is -2.74. The lowest BCUT2D eigenvalue weighted by molar-refractivity contribution is -0.139. The van der Waals surface area contributed by atoms with Gasteiger partial charge in [-0.2, -0.15) is 13.2 Å². The Morgan fingerprint density at radius 1 is 1.00 bits per heavy atom. The monoisotopic (exact) mass is 579 g/mol. The molecule has 2 aromatic carbocycles. The number of aromatic nitrogens is 2. The number of nitrogens with one attached hydrogen (secondary N) is 1. The van der Waals surface area contributed by atoms with Gasteiger partial charge in [-0.1, -0.05) is 24.3 Å². The van der Waals surface area contributed by atoms with E-state index in [1.807, 2.05) is 5.32 Å². The predicted octanol–water partition coefficient (Wildman–Crippen LogP) is 4.86. The fourth-order valence-electron chi connectivity index (χ4n) is 4.00. The molecule has 0 fully saturated rings. The number of carbonyl (C=O) groups excluding carboxylic acids is 2. The number of ether oxygens (including phenoxy) is 1. The molecule has 0 atom stereocenters. The molecule has 0 aliphatic carbocycles. The van der Waals surface area contributed by atoms with Crippen LogP contribution in [-0.2, 0) is 29.2 Å². The number of halogens is 6. The summed E-state index contributed by atoms with van der Waals surface area (Å²) in [7, 11) is 2.54. The number of alkyl halides is 3. The molecule has 216 valence electrons. The third-order valence-corrected chi connectivity index (χ3v) is 6.00.